The van der Waals surface area contributed by atoms with Crippen LogP contribution >= 0.6 is 22.7 Å². The second kappa shape index (κ2) is 17.9. The standard InChI is InChI=1S/2C20H22F2N6OS/c2*1-28-17(10-4-2-5-11(23)8-10)14(9-25-28)26-19(29)16-18(24)30-20(27-16)15-12(21)6-3-7-13(15)22/h2*3,6-7,9-11H,2,4-5,8,23-24H2,1H3,(H,26,29)/t2*10-,11-/m10/s1. The second-order valence-corrected chi connectivity index (χ2v) is 17.0. The fourth-order valence-electron chi connectivity index (χ4n) is 7.98. The highest BCUT2D eigenvalue weighted by Crippen LogP contribution is 2.39. The van der Waals surface area contributed by atoms with E-state index in [1.165, 1.54) is 12.1 Å². The molecule has 2 aliphatic rings. The quantitative estimate of drug-likeness (QED) is 0.0839. The van der Waals surface area contributed by atoms with Crippen molar-refractivity contribution in [3.8, 4) is 21.1 Å². The third kappa shape index (κ3) is 8.91. The largest absolute Gasteiger partial charge is 0.389 e. The second-order valence-electron chi connectivity index (χ2n) is 14.9. The van der Waals surface area contributed by atoms with Gasteiger partial charge in [0.2, 0.25) is 0 Å². The van der Waals surface area contributed by atoms with Crippen LogP contribution in [-0.2, 0) is 14.1 Å². The van der Waals surface area contributed by atoms with Crippen molar-refractivity contribution in [2.45, 2.75) is 75.3 Å². The van der Waals surface area contributed by atoms with E-state index in [0.717, 1.165) is 110 Å². The monoisotopic (exact) mass is 864 g/mol. The first-order valence-electron chi connectivity index (χ1n) is 19.3. The predicted molar refractivity (Wildman–Crippen MR) is 224 cm³/mol. The van der Waals surface area contributed by atoms with Crippen LogP contribution in [0.4, 0.5) is 38.9 Å². The summed E-state index contributed by atoms with van der Waals surface area (Å²) in [5.74, 6) is -3.79. The minimum absolute atomic E-state index is 0.0120. The van der Waals surface area contributed by atoms with Crippen molar-refractivity contribution >= 4 is 55.9 Å². The van der Waals surface area contributed by atoms with E-state index in [2.05, 4.69) is 30.8 Å². The summed E-state index contributed by atoms with van der Waals surface area (Å²) in [5, 5.41) is 14.3. The molecule has 2 aromatic carbocycles. The molecule has 4 heterocycles. The number of nitrogens with zero attached hydrogens (tertiary/aromatic N) is 6. The van der Waals surface area contributed by atoms with Gasteiger partial charge in [0.1, 0.15) is 43.3 Å². The highest BCUT2D eigenvalue weighted by atomic mass is 32.1. The number of hydrogen-bond acceptors (Lipinski definition) is 12. The third-order valence-corrected chi connectivity index (χ3v) is 12.6. The Labute approximate surface area is 350 Å². The minimum atomic E-state index is -0.765. The fourth-order valence-corrected chi connectivity index (χ4v) is 9.73. The van der Waals surface area contributed by atoms with Gasteiger partial charge in [-0.2, -0.15) is 10.2 Å². The number of nitrogen functional groups attached to an aromatic ring is 2. The summed E-state index contributed by atoms with van der Waals surface area (Å²) in [6, 6.07) is 7.29. The molecule has 10 N–H and O–H groups in total. The number of aromatic nitrogens is 6. The molecule has 2 saturated carbocycles. The Bertz CT molecular complexity index is 2320. The number of carbonyl (C=O) groups is 2. The van der Waals surface area contributed by atoms with Crippen LogP contribution in [0.3, 0.4) is 0 Å². The van der Waals surface area contributed by atoms with Crippen LogP contribution in [0.5, 0.6) is 0 Å². The molecule has 2 amide bonds. The van der Waals surface area contributed by atoms with E-state index in [0.29, 0.717) is 11.4 Å². The molecule has 6 aromatic rings. The van der Waals surface area contributed by atoms with E-state index in [1.807, 2.05) is 14.1 Å². The molecule has 0 radical (unpaired) electrons. The summed E-state index contributed by atoms with van der Waals surface area (Å²) in [6.07, 6.45) is 10.7. The lowest BCUT2D eigenvalue weighted by molar-refractivity contribution is 0.101. The van der Waals surface area contributed by atoms with Gasteiger partial charge >= 0.3 is 0 Å². The van der Waals surface area contributed by atoms with Crippen LogP contribution in [0.1, 0.15) is 95.6 Å². The van der Waals surface area contributed by atoms with Crippen LogP contribution in [0.15, 0.2) is 48.8 Å². The number of hydrogen-bond donors (Lipinski definition) is 6. The maximum atomic E-state index is 14.1. The summed E-state index contributed by atoms with van der Waals surface area (Å²) < 4.78 is 59.8. The number of benzene rings is 2. The summed E-state index contributed by atoms with van der Waals surface area (Å²) in [6.45, 7) is 0. The Balaban J connectivity index is 0.000000181. The zero-order valence-electron chi connectivity index (χ0n) is 32.7. The van der Waals surface area contributed by atoms with Gasteiger partial charge in [-0.25, -0.2) is 27.5 Å². The molecule has 0 spiro atoms. The molecule has 20 heteroatoms. The van der Waals surface area contributed by atoms with Gasteiger partial charge in [-0.1, -0.05) is 47.6 Å². The van der Waals surface area contributed by atoms with Gasteiger partial charge in [0.05, 0.1) is 46.3 Å². The van der Waals surface area contributed by atoms with E-state index in [-0.39, 0.29) is 66.5 Å². The molecule has 0 unspecified atom stereocenters. The van der Waals surface area contributed by atoms with Crippen molar-refractivity contribution in [1.29, 1.82) is 0 Å². The molecular formula is C40H44F4N12O2S2. The van der Waals surface area contributed by atoms with Crippen LogP contribution in [-0.4, -0.2) is 53.4 Å². The van der Waals surface area contributed by atoms with E-state index in [4.69, 9.17) is 22.9 Å². The van der Waals surface area contributed by atoms with Crippen molar-refractivity contribution in [2.24, 2.45) is 25.6 Å². The Morgan fingerprint density at radius 1 is 0.650 bits per heavy atom. The fraction of sp³-hybridized carbons (Fsp3) is 0.350. The van der Waals surface area contributed by atoms with Crippen molar-refractivity contribution in [3.63, 3.8) is 0 Å². The summed E-state index contributed by atoms with van der Waals surface area (Å²) >= 11 is 1.72. The average Bonchev–Trinajstić information content (AvgIpc) is 3.97. The molecule has 14 nitrogen and oxygen atoms in total. The van der Waals surface area contributed by atoms with E-state index < -0.39 is 35.1 Å². The topological polar surface area (TPSA) is 224 Å². The molecule has 8 rings (SSSR count). The Morgan fingerprint density at radius 2 is 1.02 bits per heavy atom. The highest BCUT2D eigenvalue weighted by Gasteiger charge is 2.30. The van der Waals surface area contributed by atoms with E-state index in [1.54, 1.807) is 21.8 Å². The van der Waals surface area contributed by atoms with Crippen LogP contribution in [0.2, 0.25) is 0 Å². The van der Waals surface area contributed by atoms with E-state index in [9.17, 15) is 27.2 Å². The number of nitrogens with two attached hydrogens (primary N) is 4. The van der Waals surface area contributed by atoms with Crippen LogP contribution in [0, 0.1) is 23.3 Å². The number of carbonyl (C=O) groups excluding carboxylic acids is 2. The van der Waals surface area contributed by atoms with Gasteiger partial charge in [-0.3, -0.25) is 19.0 Å². The zero-order chi connectivity index (χ0) is 42.8. The lowest BCUT2D eigenvalue weighted by Crippen LogP contribution is -2.28. The maximum Gasteiger partial charge on any atom is 0.277 e. The first-order chi connectivity index (χ1) is 28.7. The van der Waals surface area contributed by atoms with Crippen molar-refractivity contribution in [1.82, 2.24) is 29.5 Å². The van der Waals surface area contributed by atoms with Gasteiger partial charge in [-0.05, 0) is 62.8 Å². The number of anilines is 4. The Hall–Kier alpha value is -5.70. The first-order valence-corrected chi connectivity index (χ1v) is 20.9. The lowest BCUT2D eigenvalue weighted by Gasteiger charge is -2.27. The summed E-state index contributed by atoms with van der Waals surface area (Å²) in [5.41, 5.74) is 26.3. The molecule has 2 aliphatic carbocycles. The Morgan fingerprint density at radius 3 is 1.37 bits per heavy atom. The maximum absolute atomic E-state index is 14.1. The molecule has 0 saturated heterocycles. The van der Waals surface area contributed by atoms with Gasteiger partial charge in [0, 0.05) is 38.0 Å². The normalized spacial score (nSPS) is 19.1. The van der Waals surface area contributed by atoms with E-state index >= 15 is 0 Å². The van der Waals surface area contributed by atoms with Gasteiger partial charge in [0.25, 0.3) is 11.8 Å². The molecular weight excluding hydrogens is 821 g/mol. The van der Waals surface area contributed by atoms with Crippen molar-refractivity contribution in [2.75, 3.05) is 22.1 Å². The molecule has 4 atom stereocenters. The number of halogens is 4. The summed E-state index contributed by atoms with van der Waals surface area (Å²) in [4.78, 5) is 33.9. The lowest BCUT2D eigenvalue weighted by atomic mass is 9.83. The number of aryl methyl sites for hydroxylation is 2. The van der Waals surface area contributed by atoms with Crippen molar-refractivity contribution < 1.29 is 27.2 Å². The SMILES string of the molecule is Cn1ncc(NC(=O)c2nc(-c3c(F)cccc3F)sc2N)c1[C@@H]1CCC[C@@H](N)C1.Cn1ncc(NC(=O)c2nc(-c3c(F)cccc3F)sc2N)c1[C@H]1CCC[C@H](N)C1. The molecule has 2 fully saturated rings. The van der Waals surface area contributed by atoms with Crippen LogP contribution < -0.4 is 33.6 Å². The van der Waals surface area contributed by atoms with Gasteiger partial charge < -0.3 is 33.6 Å². The number of thiazole rings is 2. The van der Waals surface area contributed by atoms with Crippen molar-refractivity contribution in [3.05, 3.63) is 94.8 Å². The van der Waals surface area contributed by atoms with Crippen LogP contribution in [0.25, 0.3) is 21.1 Å². The highest BCUT2D eigenvalue weighted by molar-refractivity contribution is 7.19. The third-order valence-electron chi connectivity index (χ3n) is 10.8. The first kappa shape index (κ1) is 42.4. The number of amides is 2. The smallest absolute Gasteiger partial charge is 0.277 e. The number of rotatable bonds is 8. The molecule has 0 bridgehead atoms. The number of nitrogens with one attached hydrogen (secondary N) is 2. The molecule has 4 aromatic heterocycles. The molecule has 316 valence electrons. The van der Waals surface area contributed by atoms with Gasteiger partial charge in [0.15, 0.2) is 11.4 Å². The predicted octanol–water partition coefficient (Wildman–Crippen LogP) is 7.28. The van der Waals surface area contributed by atoms with Gasteiger partial charge in [-0.15, -0.1) is 0 Å². The molecule has 60 heavy (non-hydrogen) atoms. The minimum Gasteiger partial charge on any atom is -0.389 e. The summed E-state index contributed by atoms with van der Waals surface area (Å²) in [7, 11) is 3.64. The zero-order valence-corrected chi connectivity index (χ0v) is 34.4. The Kier molecular flexibility index (Phi) is 12.6. The average molecular weight is 865 g/mol. The molecule has 0 aliphatic heterocycles.